The minimum atomic E-state index is -3.24. The summed E-state index contributed by atoms with van der Waals surface area (Å²) in [7, 11) is -3.24. The Morgan fingerprint density at radius 3 is 2.44 bits per heavy atom. The molecule has 8 heteroatoms. The average Bonchev–Trinajstić information content (AvgIpc) is 2.95. The number of hydrogen-bond donors (Lipinski definition) is 2. The molecule has 3 rings (SSSR count). The zero-order valence-electron chi connectivity index (χ0n) is 15.3. The van der Waals surface area contributed by atoms with Gasteiger partial charge in [0, 0.05) is 6.26 Å². The van der Waals surface area contributed by atoms with Crippen molar-refractivity contribution >= 4 is 22.1 Å². The van der Waals surface area contributed by atoms with E-state index in [2.05, 4.69) is 24.0 Å². The minimum absolute atomic E-state index is 0.127. The standard InChI is InChI=1S/C19H21N3O3S2/c1-12(2)14-6-9-17(23)16(10-14)18-20-21-19(26)22(18)11-13-4-7-15(8-5-13)27(3,24)25/h4-10,12,23H,11H2,1-3H3,(H,21,26). The molecule has 142 valence electrons. The van der Waals surface area contributed by atoms with Gasteiger partial charge < -0.3 is 5.11 Å². The second-order valence-corrected chi connectivity index (χ2v) is 9.19. The van der Waals surface area contributed by atoms with Crippen molar-refractivity contribution in [1.29, 1.82) is 0 Å². The van der Waals surface area contributed by atoms with E-state index in [1.54, 1.807) is 34.9 Å². The van der Waals surface area contributed by atoms with Crippen molar-refractivity contribution in [3.63, 3.8) is 0 Å². The first-order valence-corrected chi connectivity index (χ1v) is 10.7. The Kier molecular flexibility index (Phi) is 5.21. The average molecular weight is 404 g/mol. The van der Waals surface area contributed by atoms with E-state index in [0.717, 1.165) is 11.1 Å². The molecule has 0 fully saturated rings. The molecule has 0 unspecified atom stereocenters. The van der Waals surface area contributed by atoms with Gasteiger partial charge in [-0.15, -0.1) is 0 Å². The Morgan fingerprint density at radius 1 is 1.19 bits per heavy atom. The Morgan fingerprint density at radius 2 is 1.85 bits per heavy atom. The van der Waals surface area contributed by atoms with Crippen molar-refractivity contribution in [3.05, 3.63) is 58.4 Å². The molecule has 0 aliphatic rings. The van der Waals surface area contributed by atoms with E-state index in [-0.39, 0.29) is 10.6 Å². The highest BCUT2D eigenvalue weighted by Gasteiger charge is 2.15. The largest absolute Gasteiger partial charge is 0.507 e. The maximum Gasteiger partial charge on any atom is 0.195 e. The van der Waals surface area contributed by atoms with Crippen LogP contribution >= 0.6 is 12.2 Å². The van der Waals surface area contributed by atoms with Crippen LogP contribution in [0.4, 0.5) is 0 Å². The SMILES string of the molecule is CC(C)c1ccc(O)c(-c2n[nH]c(=S)n2Cc2ccc(S(C)(=O)=O)cc2)c1. The van der Waals surface area contributed by atoms with Crippen LogP contribution in [0.3, 0.4) is 0 Å². The maximum absolute atomic E-state index is 11.6. The third-order valence-electron chi connectivity index (χ3n) is 4.38. The first kappa shape index (κ1) is 19.3. The fourth-order valence-corrected chi connectivity index (χ4v) is 3.61. The van der Waals surface area contributed by atoms with E-state index < -0.39 is 9.84 Å². The van der Waals surface area contributed by atoms with Crippen LogP contribution in [0.15, 0.2) is 47.4 Å². The zero-order valence-corrected chi connectivity index (χ0v) is 16.9. The van der Waals surface area contributed by atoms with Gasteiger partial charge in [0.15, 0.2) is 20.4 Å². The van der Waals surface area contributed by atoms with Crippen LogP contribution in [0.25, 0.3) is 11.4 Å². The number of aromatic amines is 1. The van der Waals surface area contributed by atoms with Gasteiger partial charge in [0.25, 0.3) is 0 Å². The Bertz CT molecular complexity index is 1130. The van der Waals surface area contributed by atoms with Gasteiger partial charge in [0.1, 0.15) is 5.75 Å². The van der Waals surface area contributed by atoms with Gasteiger partial charge in [0.2, 0.25) is 0 Å². The van der Waals surface area contributed by atoms with Crippen molar-refractivity contribution in [3.8, 4) is 17.1 Å². The Balaban J connectivity index is 2.01. The first-order valence-electron chi connectivity index (χ1n) is 8.44. The summed E-state index contributed by atoms with van der Waals surface area (Å²) in [5, 5.41) is 17.4. The van der Waals surface area contributed by atoms with Crippen molar-refractivity contribution in [2.75, 3.05) is 6.26 Å². The molecule has 0 bridgehead atoms. The molecule has 0 amide bonds. The van der Waals surface area contributed by atoms with E-state index in [1.807, 2.05) is 12.1 Å². The molecular weight excluding hydrogens is 382 g/mol. The summed E-state index contributed by atoms with van der Waals surface area (Å²) in [5.41, 5.74) is 2.56. The number of aromatic hydroxyl groups is 1. The van der Waals surface area contributed by atoms with Crippen molar-refractivity contribution in [1.82, 2.24) is 14.8 Å². The van der Waals surface area contributed by atoms with Crippen LogP contribution in [-0.4, -0.2) is 34.5 Å². The number of H-pyrrole nitrogens is 1. The number of rotatable bonds is 5. The first-order chi connectivity index (χ1) is 12.7. The molecule has 0 aliphatic heterocycles. The summed E-state index contributed by atoms with van der Waals surface area (Å²) in [6.07, 6.45) is 1.18. The molecule has 1 aromatic heterocycles. The highest BCUT2D eigenvalue weighted by atomic mass is 32.2. The lowest BCUT2D eigenvalue weighted by Gasteiger charge is -2.12. The number of benzene rings is 2. The second-order valence-electron chi connectivity index (χ2n) is 6.79. The topological polar surface area (TPSA) is 88.0 Å². The normalized spacial score (nSPS) is 11.9. The molecule has 2 N–H and O–H groups in total. The number of phenolic OH excluding ortho intramolecular Hbond substituents is 1. The highest BCUT2D eigenvalue weighted by molar-refractivity contribution is 7.90. The smallest absolute Gasteiger partial charge is 0.195 e. The molecule has 0 saturated carbocycles. The molecule has 0 radical (unpaired) electrons. The van der Waals surface area contributed by atoms with Gasteiger partial charge in [0.05, 0.1) is 17.0 Å². The Labute approximate surface area is 163 Å². The molecular formula is C19H21N3O3S2. The van der Waals surface area contributed by atoms with E-state index in [0.29, 0.717) is 28.6 Å². The predicted molar refractivity (Wildman–Crippen MR) is 107 cm³/mol. The Hall–Kier alpha value is -2.45. The second kappa shape index (κ2) is 7.28. The molecule has 6 nitrogen and oxygen atoms in total. The summed E-state index contributed by atoms with van der Waals surface area (Å²) in [6, 6.07) is 12.1. The number of nitrogens with one attached hydrogen (secondary N) is 1. The summed E-state index contributed by atoms with van der Waals surface area (Å²) in [5.74, 6) is 0.970. The van der Waals surface area contributed by atoms with Gasteiger partial charge in [-0.3, -0.25) is 9.67 Å². The van der Waals surface area contributed by atoms with Crippen molar-refractivity contribution in [2.45, 2.75) is 31.2 Å². The van der Waals surface area contributed by atoms with Crippen LogP contribution in [0.5, 0.6) is 5.75 Å². The van der Waals surface area contributed by atoms with Gasteiger partial charge in [-0.1, -0.05) is 32.0 Å². The number of aromatic nitrogens is 3. The van der Waals surface area contributed by atoms with Gasteiger partial charge in [-0.25, -0.2) is 8.42 Å². The van der Waals surface area contributed by atoms with Crippen LogP contribution in [-0.2, 0) is 16.4 Å². The van der Waals surface area contributed by atoms with Crippen molar-refractivity contribution < 1.29 is 13.5 Å². The van der Waals surface area contributed by atoms with Gasteiger partial charge >= 0.3 is 0 Å². The zero-order chi connectivity index (χ0) is 19.8. The maximum atomic E-state index is 11.6. The van der Waals surface area contributed by atoms with Crippen molar-refractivity contribution in [2.24, 2.45) is 0 Å². The predicted octanol–water partition coefficient (Wildman–Crippen LogP) is 3.89. The van der Waals surface area contributed by atoms with E-state index in [9.17, 15) is 13.5 Å². The lowest BCUT2D eigenvalue weighted by molar-refractivity contribution is 0.476. The molecule has 0 atom stereocenters. The summed E-state index contributed by atoms with van der Waals surface area (Å²) < 4.78 is 25.4. The minimum Gasteiger partial charge on any atom is -0.507 e. The fourth-order valence-electron chi connectivity index (χ4n) is 2.79. The molecule has 2 aromatic carbocycles. The highest BCUT2D eigenvalue weighted by Crippen LogP contribution is 2.31. The summed E-state index contributed by atoms with van der Waals surface area (Å²) in [4.78, 5) is 0.268. The van der Waals surface area contributed by atoms with Crippen LogP contribution in [0, 0.1) is 4.77 Å². The monoisotopic (exact) mass is 403 g/mol. The molecule has 3 aromatic rings. The lowest BCUT2D eigenvalue weighted by Crippen LogP contribution is -2.04. The molecule has 0 aliphatic carbocycles. The number of sulfone groups is 1. The number of phenols is 1. The van der Waals surface area contributed by atoms with Gasteiger partial charge in [-0.05, 0) is 53.5 Å². The summed E-state index contributed by atoms with van der Waals surface area (Å²) >= 11 is 5.35. The van der Waals surface area contributed by atoms with E-state index in [1.165, 1.54) is 6.26 Å². The van der Waals surface area contributed by atoms with Crippen LogP contribution in [0.1, 0.15) is 30.9 Å². The van der Waals surface area contributed by atoms with Gasteiger partial charge in [-0.2, -0.15) is 5.10 Å². The molecule has 0 spiro atoms. The molecule has 27 heavy (non-hydrogen) atoms. The number of hydrogen-bond acceptors (Lipinski definition) is 5. The number of nitrogens with zero attached hydrogens (tertiary/aromatic N) is 2. The van der Waals surface area contributed by atoms with E-state index >= 15 is 0 Å². The lowest BCUT2D eigenvalue weighted by atomic mass is 10.00. The van der Waals surface area contributed by atoms with E-state index in [4.69, 9.17) is 12.2 Å². The third kappa shape index (κ3) is 4.12. The summed E-state index contributed by atoms with van der Waals surface area (Å²) in [6.45, 7) is 4.56. The van der Waals surface area contributed by atoms with Crippen LogP contribution < -0.4 is 0 Å². The molecule has 1 heterocycles. The fraction of sp³-hybridized carbons (Fsp3) is 0.263. The quantitative estimate of drug-likeness (QED) is 0.631. The third-order valence-corrected chi connectivity index (χ3v) is 5.82. The molecule has 0 saturated heterocycles. The van der Waals surface area contributed by atoms with Crippen LogP contribution in [0.2, 0.25) is 0 Å².